The van der Waals surface area contributed by atoms with Gasteiger partial charge in [0.15, 0.2) is 12.5 Å². The average molecular weight is 178 g/mol. The van der Waals surface area contributed by atoms with Gasteiger partial charge in [-0.15, -0.1) is 0 Å². The number of hydrogen-bond donors (Lipinski definition) is 0. The van der Waals surface area contributed by atoms with Crippen LogP contribution in [0.1, 0.15) is 12.5 Å². The van der Waals surface area contributed by atoms with E-state index in [9.17, 15) is 9.18 Å². The number of halogens is 1. The summed E-state index contributed by atoms with van der Waals surface area (Å²) in [6, 6.07) is 9.38. The van der Waals surface area contributed by atoms with Crippen LogP contribution < -0.4 is 0 Å². The molecule has 2 heteroatoms. The molecular formula is C11H11FO. The van der Waals surface area contributed by atoms with Crippen molar-refractivity contribution in [3.8, 4) is 0 Å². The maximum Gasteiger partial charge on any atom is 0.189 e. The molecule has 0 radical (unpaired) electrons. The maximum atomic E-state index is 11.9. The Morgan fingerprint density at radius 3 is 2.54 bits per heavy atom. The second-order valence-electron chi connectivity index (χ2n) is 2.79. The number of alkyl halides is 1. The first-order valence-electron chi connectivity index (χ1n) is 4.06. The molecule has 1 aromatic rings. The highest BCUT2D eigenvalue weighted by Crippen LogP contribution is 2.06. The van der Waals surface area contributed by atoms with Crippen LogP contribution in [0.4, 0.5) is 4.39 Å². The first-order valence-corrected chi connectivity index (χ1v) is 4.06. The fourth-order valence-corrected chi connectivity index (χ4v) is 0.985. The number of carbonyl (C=O) groups is 1. The topological polar surface area (TPSA) is 17.1 Å². The molecule has 0 unspecified atom stereocenters. The van der Waals surface area contributed by atoms with E-state index in [1.807, 2.05) is 30.3 Å². The molecule has 1 aromatic carbocycles. The molecule has 0 saturated carbocycles. The van der Waals surface area contributed by atoms with Gasteiger partial charge in [0.05, 0.1) is 0 Å². The number of benzene rings is 1. The molecule has 0 N–H and O–H groups in total. The molecule has 0 spiro atoms. The third-order valence-corrected chi connectivity index (χ3v) is 1.74. The van der Waals surface area contributed by atoms with E-state index in [2.05, 4.69) is 0 Å². The smallest absolute Gasteiger partial charge is 0.189 e. The average Bonchev–Trinajstić information content (AvgIpc) is 2.18. The zero-order valence-electron chi connectivity index (χ0n) is 7.46. The highest BCUT2D eigenvalue weighted by Gasteiger charge is 2.02. The van der Waals surface area contributed by atoms with Crippen molar-refractivity contribution in [1.29, 1.82) is 0 Å². The van der Waals surface area contributed by atoms with E-state index in [0.29, 0.717) is 5.57 Å². The van der Waals surface area contributed by atoms with Crippen molar-refractivity contribution in [3.05, 3.63) is 41.5 Å². The fourth-order valence-electron chi connectivity index (χ4n) is 0.985. The maximum absolute atomic E-state index is 11.9. The largest absolute Gasteiger partial charge is 0.292 e. The van der Waals surface area contributed by atoms with Crippen LogP contribution in [0.3, 0.4) is 0 Å². The lowest BCUT2D eigenvalue weighted by Gasteiger charge is -1.96. The molecule has 0 saturated heterocycles. The molecule has 0 bridgehead atoms. The van der Waals surface area contributed by atoms with E-state index in [-0.39, 0.29) is 0 Å². The van der Waals surface area contributed by atoms with E-state index in [4.69, 9.17) is 0 Å². The van der Waals surface area contributed by atoms with Gasteiger partial charge < -0.3 is 0 Å². The summed E-state index contributed by atoms with van der Waals surface area (Å²) < 4.78 is 11.9. The molecule has 0 aliphatic rings. The first kappa shape index (κ1) is 9.65. The van der Waals surface area contributed by atoms with Gasteiger partial charge in [0.25, 0.3) is 0 Å². The Morgan fingerprint density at radius 1 is 1.38 bits per heavy atom. The van der Waals surface area contributed by atoms with Crippen LogP contribution in [0.2, 0.25) is 0 Å². The number of allylic oxidation sites excluding steroid dienone is 1. The van der Waals surface area contributed by atoms with Gasteiger partial charge in [-0.1, -0.05) is 30.3 Å². The highest BCUT2D eigenvalue weighted by molar-refractivity contribution is 5.99. The van der Waals surface area contributed by atoms with Crippen LogP contribution in [0, 0.1) is 0 Å². The predicted molar refractivity (Wildman–Crippen MR) is 51.1 cm³/mol. The molecule has 13 heavy (non-hydrogen) atoms. The Labute approximate surface area is 76.9 Å². The van der Waals surface area contributed by atoms with Crippen LogP contribution in [-0.4, -0.2) is 12.5 Å². The predicted octanol–water partition coefficient (Wildman–Crippen LogP) is 2.63. The van der Waals surface area contributed by atoms with Gasteiger partial charge in [-0.25, -0.2) is 4.39 Å². The summed E-state index contributed by atoms with van der Waals surface area (Å²) >= 11 is 0. The van der Waals surface area contributed by atoms with E-state index in [0.717, 1.165) is 5.56 Å². The minimum atomic E-state index is -0.921. The number of ketones is 1. The second-order valence-corrected chi connectivity index (χ2v) is 2.79. The quantitative estimate of drug-likeness (QED) is 0.650. The van der Waals surface area contributed by atoms with E-state index < -0.39 is 12.5 Å². The van der Waals surface area contributed by atoms with Gasteiger partial charge in [0, 0.05) is 0 Å². The molecular weight excluding hydrogens is 167 g/mol. The van der Waals surface area contributed by atoms with Crippen LogP contribution in [-0.2, 0) is 4.79 Å². The summed E-state index contributed by atoms with van der Waals surface area (Å²) in [6.45, 7) is 0.698. The van der Waals surface area contributed by atoms with E-state index >= 15 is 0 Å². The fraction of sp³-hybridized carbons (Fsp3) is 0.182. The normalized spacial score (nSPS) is 11.4. The lowest BCUT2D eigenvalue weighted by atomic mass is 10.1. The molecule has 1 nitrogen and oxygen atoms in total. The van der Waals surface area contributed by atoms with Gasteiger partial charge >= 0.3 is 0 Å². The van der Waals surface area contributed by atoms with Crippen molar-refractivity contribution in [1.82, 2.24) is 0 Å². The van der Waals surface area contributed by atoms with Crippen LogP contribution in [0.25, 0.3) is 6.08 Å². The Hall–Kier alpha value is -1.44. The molecule has 0 aromatic heterocycles. The number of hydrogen-bond acceptors (Lipinski definition) is 1. The molecule has 0 aliphatic heterocycles. The molecule has 0 atom stereocenters. The summed E-state index contributed by atoms with van der Waals surface area (Å²) in [4.78, 5) is 10.9. The number of rotatable bonds is 3. The Balaban J connectivity index is 2.83. The zero-order chi connectivity index (χ0) is 9.68. The van der Waals surface area contributed by atoms with Crippen molar-refractivity contribution in [3.63, 3.8) is 0 Å². The summed E-state index contributed by atoms with van der Waals surface area (Å²) in [5.41, 5.74) is 1.37. The van der Waals surface area contributed by atoms with Gasteiger partial charge in [0.1, 0.15) is 0 Å². The third-order valence-electron chi connectivity index (χ3n) is 1.74. The van der Waals surface area contributed by atoms with Gasteiger partial charge in [-0.3, -0.25) is 4.79 Å². The van der Waals surface area contributed by atoms with E-state index in [1.165, 1.54) is 0 Å². The third kappa shape index (κ3) is 2.82. The van der Waals surface area contributed by atoms with Gasteiger partial charge in [-0.05, 0) is 24.1 Å². The lowest BCUT2D eigenvalue weighted by molar-refractivity contribution is -0.116. The van der Waals surface area contributed by atoms with Gasteiger partial charge in [-0.2, -0.15) is 0 Å². The Kier molecular flexibility index (Phi) is 3.38. The summed E-state index contributed by atoms with van der Waals surface area (Å²) in [5.74, 6) is -0.455. The summed E-state index contributed by atoms with van der Waals surface area (Å²) in [7, 11) is 0. The Morgan fingerprint density at radius 2 is 2.00 bits per heavy atom. The minimum Gasteiger partial charge on any atom is -0.292 e. The van der Waals surface area contributed by atoms with Crippen molar-refractivity contribution < 1.29 is 9.18 Å². The summed E-state index contributed by atoms with van der Waals surface area (Å²) in [6.07, 6.45) is 1.68. The molecule has 0 amide bonds. The molecule has 0 heterocycles. The zero-order valence-corrected chi connectivity index (χ0v) is 7.46. The Bertz CT molecular complexity index is 314. The highest BCUT2D eigenvalue weighted by atomic mass is 19.1. The van der Waals surface area contributed by atoms with Crippen LogP contribution in [0.5, 0.6) is 0 Å². The lowest BCUT2D eigenvalue weighted by Crippen LogP contribution is -2.00. The molecule has 0 fully saturated rings. The summed E-state index contributed by atoms with van der Waals surface area (Å²) in [5, 5.41) is 0. The molecule has 0 aliphatic carbocycles. The molecule has 1 rings (SSSR count). The van der Waals surface area contributed by atoms with Crippen LogP contribution >= 0.6 is 0 Å². The van der Waals surface area contributed by atoms with E-state index in [1.54, 1.807) is 13.0 Å². The van der Waals surface area contributed by atoms with Crippen molar-refractivity contribution in [2.24, 2.45) is 0 Å². The molecule has 68 valence electrons. The minimum absolute atomic E-state index is 0.453. The number of carbonyl (C=O) groups excluding carboxylic acids is 1. The monoisotopic (exact) mass is 178 g/mol. The van der Waals surface area contributed by atoms with Crippen molar-refractivity contribution >= 4 is 11.9 Å². The standard InChI is InChI=1S/C11H11FO/c1-9(11(13)8-12)7-10-5-3-2-4-6-10/h2-7H,8H2,1H3/b9-7+. The van der Waals surface area contributed by atoms with Crippen molar-refractivity contribution in [2.45, 2.75) is 6.92 Å². The number of Topliss-reactive ketones (excluding diaryl/α,β-unsaturated/α-hetero) is 1. The van der Waals surface area contributed by atoms with Crippen molar-refractivity contribution in [2.75, 3.05) is 6.67 Å². The van der Waals surface area contributed by atoms with Crippen LogP contribution in [0.15, 0.2) is 35.9 Å². The second kappa shape index (κ2) is 4.55. The van der Waals surface area contributed by atoms with Gasteiger partial charge in [0.2, 0.25) is 0 Å². The first-order chi connectivity index (χ1) is 6.24. The SMILES string of the molecule is C/C(=C\c1ccccc1)C(=O)CF.